The SMILES string of the molecule is CC(=O)OCC1O[C@H](Sc2cc(Cl)cc(Cl)c2)C(C)[C@@H](N=[N+]=[N-])[C@H]1C. The van der Waals surface area contributed by atoms with Crippen LogP contribution in [0.4, 0.5) is 0 Å². The fourth-order valence-electron chi connectivity index (χ4n) is 2.81. The van der Waals surface area contributed by atoms with Gasteiger partial charge in [0, 0.05) is 38.7 Å². The first kappa shape index (κ1) is 20.2. The van der Waals surface area contributed by atoms with Crippen molar-refractivity contribution in [3.8, 4) is 0 Å². The van der Waals surface area contributed by atoms with Crippen LogP contribution < -0.4 is 0 Å². The number of benzene rings is 1. The normalized spacial score (nSPS) is 28.9. The molecular formula is C16H19Cl2N3O3S. The topological polar surface area (TPSA) is 84.3 Å². The highest BCUT2D eigenvalue weighted by atomic mass is 35.5. The number of carbonyl (C=O) groups excluding carboxylic acids is 1. The second-order valence-electron chi connectivity index (χ2n) is 5.98. The maximum Gasteiger partial charge on any atom is 0.302 e. The first-order valence-electron chi connectivity index (χ1n) is 7.77. The van der Waals surface area contributed by atoms with Crippen molar-refractivity contribution in [3.63, 3.8) is 0 Å². The second-order valence-corrected chi connectivity index (χ2v) is 8.03. The first-order chi connectivity index (χ1) is 11.8. The minimum atomic E-state index is -0.374. The number of azide groups is 1. The van der Waals surface area contributed by atoms with Gasteiger partial charge in [0.15, 0.2) is 0 Å². The second kappa shape index (κ2) is 9.01. The van der Waals surface area contributed by atoms with Crippen molar-refractivity contribution in [2.45, 2.75) is 43.2 Å². The van der Waals surface area contributed by atoms with Crippen molar-refractivity contribution in [1.29, 1.82) is 0 Å². The van der Waals surface area contributed by atoms with Crippen LogP contribution in [0.15, 0.2) is 28.2 Å². The Kier molecular flexibility index (Phi) is 7.28. The van der Waals surface area contributed by atoms with Gasteiger partial charge >= 0.3 is 5.97 Å². The number of hydrogen-bond donors (Lipinski definition) is 0. The molecule has 1 heterocycles. The Balaban J connectivity index is 2.22. The molecule has 0 aromatic heterocycles. The maximum atomic E-state index is 11.1. The lowest BCUT2D eigenvalue weighted by Gasteiger charge is -2.42. The largest absolute Gasteiger partial charge is 0.463 e. The lowest BCUT2D eigenvalue weighted by Crippen LogP contribution is -2.48. The monoisotopic (exact) mass is 403 g/mol. The number of thioether (sulfide) groups is 1. The molecule has 0 radical (unpaired) electrons. The van der Waals surface area contributed by atoms with E-state index >= 15 is 0 Å². The van der Waals surface area contributed by atoms with Crippen LogP contribution in [-0.4, -0.2) is 30.2 Å². The van der Waals surface area contributed by atoms with Crippen LogP contribution in [-0.2, 0) is 14.3 Å². The summed E-state index contributed by atoms with van der Waals surface area (Å²) in [6.07, 6.45) is -0.359. The van der Waals surface area contributed by atoms with Gasteiger partial charge in [-0.05, 0) is 29.6 Å². The third-order valence-corrected chi connectivity index (χ3v) is 5.84. The van der Waals surface area contributed by atoms with E-state index in [1.807, 2.05) is 13.8 Å². The van der Waals surface area contributed by atoms with E-state index < -0.39 is 0 Å². The zero-order valence-electron chi connectivity index (χ0n) is 14.1. The third-order valence-electron chi connectivity index (χ3n) is 4.13. The summed E-state index contributed by atoms with van der Waals surface area (Å²) < 4.78 is 11.2. The Morgan fingerprint density at radius 2 is 1.96 bits per heavy atom. The maximum absolute atomic E-state index is 11.1. The number of ether oxygens (including phenoxy) is 2. The van der Waals surface area contributed by atoms with Crippen LogP contribution in [0, 0.1) is 11.8 Å². The van der Waals surface area contributed by atoms with Gasteiger partial charge in [-0.25, -0.2) is 0 Å². The van der Waals surface area contributed by atoms with Crippen molar-refractivity contribution in [2.24, 2.45) is 17.0 Å². The number of hydrogen-bond acceptors (Lipinski definition) is 5. The van der Waals surface area contributed by atoms with Gasteiger partial charge in [0.05, 0.1) is 6.10 Å². The summed E-state index contributed by atoms with van der Waals surface area (Å²) >= 11 is 13.6. The summed E-state index contributed by atoms with van der Waals surface area (Å²) in [5.74, 6) is -0.493. The molecule has 136 valence electrons. The molecule has 0 N–H and O–H groups in total. The zero-order chi connectivity index (χ0) is 18.6. The molecule has 5 atom stereocenters. The van der Waals surface area contributed by atoms with Crippen molar-refractivity contribution in [1.82, 2.24) is 0 Å². The Labute approximate surface area is 160 Å². The first-order valence-corrected chi connectivity index (χ1v) is 9.41. The van der Waals surface area contributed by atoms with Crippen LogP contribution in [0.2, 0.25) is 10.0 Å². The number of carbonyl (C=O) groups is 1. The van der Waals surface area contributed by atoms with E-state index in [0.717, 1.165) is 4.90 Å². The summed E-state index contributed by atoms with van der Waals surface area (Å²) in [6.45, 7) is 5.37. The fourth-order valence-corrected chi connectivity index (χ4v) is 4.69. The quantitative estimate of drug-likeness (QED) is 0.288. The van der Waals surface area contributed by atoms with Gasteiger partial charge in [0.1, 0.15) is 12.0 Å². The van der Waals surface area contributed by atoms with Crippen LogP contribution in [0.1, 0.15) is 20.8 Å². The predicted octanol–water partition coefficient (Wildman–Crippen LogP) is 5.32. The van der Waals surface area contributed by atoms with E-state index in [1.165, 1.54) is 18.7 Å². The van der Waals surface area contributed by atoms with E-state index in [1.54, 1.807) is 18.2 Å². The number of nitrogens with zero attached hydrogens (tertiary/aromatic N) is 3. The Morgan fingerprint density at radius 3 is 2.52 bits per heavy atom. The van der Waals surface area contributed by atoms with Gasteiger partial charge in [-0.2, -0.15) is 0 Å². The average molecular weight is 404 g/mol. The summed E-state index contributed by atoms with van der Waals surface area (Å²) in [6, 6.07) is 4.99. The summed E-state index contributed by atoms with van der Waals surface area (Å²) in [7, 11) is 0. The average Bonchev–Trinajstić information content (AvgIpc) is 2.52. The molecule has 2 rings (SSSR count). The Morgan fingerprint density at radius 1 is 1.32 bits per heavy atom. The van der Waals surface area contributed by atoms with Gasteiger partial charge in [-0.1, -0.05) is 53.9 Å². The standard InChI is InChI=1S/C16H19Cl2N3O3S/c1-8-14(7-23-10(3)22)24-16(9(2)15(8)20-21-19)25-13-5-11(17)4-12(18)6-13/h4-6,8-9,14-16H,7H2,1-3H3/t8-,9?,14?,15-,16+/m0/s1. The zero-order valence-corrected chi connectivity index (χ0v) is 16.4. The molecule has 1 aliphatic heterocycles. The molecule has 0 aliphatic carbocycles. The van der Waals surface area contributed by atoms with E-state index in [2.05, 4.69) is 10.0 Å². The highest BCUT2D eigenvalue weighted by Crippen LogP contribution is 2.41. The fraction of sp³-hybridized carbons (Fsp3) is 0.562. The van der Waals surface area contributed by atoms with Crippen molar-refractivity contribution >= 4 is 40.9 Å². The molecule has 1 aromatic carbocycles. The molecule has 25 heavy (non-hydrogen) atoms. The van der Waals surface area contributed by atoms with E-state index in [9.17, 15) is 4.79 Å². The summed E-state index contributed by atoms with van der Waals surface area (Å²) in [4.78, 5) is 14.9. The van der Waals surface area contributed by atoms with Crippen molar-refractivity contribution in [3.05, 3.63) is 38.7 Å². The molecule has 1 aromatic rings. The predicted molar refractivity (Wildman–Crippen MR) is 98.9 cm³/mol. The summed E-state index contributed by atoms with van der Waals surface area (Å²) in [5.41, 5.74) is 8.61. The number of esters is 1. The van der Waals surface area contributed by atoms with Crippen molar-refractivity contribution in [2.75, 3.05) is 6.61 Å². The highest BCUT2D eigenvalue weighted by molar-refractivity contribution is 7.99. The lowest BCUT2D eigenvalue weighted by molar-refractivity contribution is -0.153. The molecule has 1 fully saturated rings. The van der Waals surface area contributed by atoms with E-state index in [-0.39, 0.29) is 42.0 Å². The van der Waals surface area contributed by atoms with Gasteiger partial charge in [0.2, 0.25) is 0 Å². The minimum absolute atomic E-state index is 0.0396. The van der Waals surface area contributed by atoms with Gasteiger partial charge < -0.3 is 9.47 Å². The van der Waals surface area contributed by atoms with E-state index in [4.69, 9.17) is 38.2 Å². The number of rotatable bonds is 5. The molecule has 1 saturated heterocycles. The van der Waals surface area contributed by atoms with Gasteiger partial charge in [0.25, 0.3) is 0 Å². The summed E-state index contributed by atoms with van der Waals surface area (Å²) in [5, 5.41) is 5.02. The molecule has 2 unspecified atom stereocenters. The number of halogens is 2. The lowest BCUT2D eigenvalue weighted by atomic mass is 9.85. The van der Waals surface area contributed by atoms with Crippen LogP contribution in [0.25, 0.3) is 10.4 Å². The molecule has 6 nitrogen and oxygen atoms in total. The van der Waals surface area contributed by atoms with Crippen LogP contribution >= 0.6 is 35.0 Å². The van der Waals surface area contributed by atoms with Gasteiger partial charge in [-0.3, -0.25) is 4.79 Å². The smallest absolute Gasteiger partial charge is 0.302 e. The molecule has 1 aliphatic rings. The van der Waals surface area contributed by atoms with Crippen LogP contribution in [0.3, 0.4) is 0 Å². The molecular weight excluding hydrogens is 385 g/mol. The molecule has 0 saturated carbocycles. The molecule has 0 bridgehead atoms. The van der Waals surface area contributed by atoms with Crippen molar-refractivity contribution < 1.29 is 14.3 Å². The molecule has 0 amide bonds. The Bertz CT molecular complexity index is 664. The van der Waals surface area contributed by atoms with E-state index in [0.29, 0.717) is 10.0 Å². The minimum Gasteiger partial charge on any atom is -0.463 e. The highest BCUT2D eigenvalue weighted by Gasteiger charge is 2.42. The van der Waals surface area contributed by atoms with Gasteiger partial charge in [-0.15, -0.1) is 0 Å². The Hall–Kier alpha value is -1.11. The molecule has 9 heteroatoms. The van der Waals surface area contributed by atoms with Crippen LogP contribution in [0.5, 0.6) is 0 Å². The molecule has 0 spiro atoms. The third kappa shape index (κ3) is 5.43.